The minimum absolute atomic E-state index is 0. The van der Waals surface area contributed by atoms with Crippen LogP contribution in [0.5, 0.6) is 0 Å². The molecule has 5 nitrogen and oxygen atoms in total. The maximum Gasteiger partial charge on any atom is 0.306 e. The molecule has 3 fully saturated rings. The van der Waals surface area contributed by atoms with Gasteiger partial charge in [-0.3, -0.25) is 19.2 Å². The second kappa shape index (κ2) is 7.89. The lowest BCUT2D eigenvalue weighted by molar-refractivity contribution is -0.161. The third kappa shape index (κ3) is 3.33. The Morgan fingerprint density at radius 1 is 1.09 bits per heavy atom. The van der Waals surface area contributed by atoms with Crippen molar-refractivity contribution >= 4 is 23.3 Å². The molecule has 0 N–H and O–H groups in total. The number of fused-ring (bicyclic) bond motifs is 6. The smallest absolute Gasteiger partial charge is 0.306 e. The number of esters is 1. The van der Waals surface area contributed by atoms with Crippen LogP contribution >= 0.6 is 0 Å². The van der Waals surface area contributed by atoms with Crippen LogP contribution in [0.1, 0.15) is 79.6 Å². The normalized spacial score (nSPS) is 41.5. The molecule has 178 valence electrons. The van der Waals surface area contributed by atoms with E-state index in [1.165, 1.54) is 24.6 Å². The van der Waals surface area contributed by atoms with Crippen LogP contribution in [0.25, 0.3) is 0 Å². The van der Waals surface area contributed by atoms with Gasteiger partial charge < -0.3 is 4.74 Å². The van der Waals surface area contributed by atoms with Crippen LogP contribution in [-0.2, 0) is 23.9 Å². The molecule has 0 aromatic carbocycles. The quantitative estimate of drug-likeness (QED) is 0.339. The standard InChI is InChI=1S/C27H32O5.CH4/c1-16(28)4-5-22(30)19-15-17-14-18(29)6-10-25(17,2)20-7-11-26(3)21(24(19)20)8-12-27(26)13-9-23(31)32-27;/h4-5,7,14,19,21,24H,6,8-13,15H2,1-3H3;1H4/b5-4-;/t19-,21-,24+,25-,26-,27+;/m0./s1. The van der Waals surface area contributed by atoms with Crippen molar-refractivity contribution in [1.29, 1.82) is 0 Å². The molecule has 2 saturated carbocycles. The number of ether oxygens (including phenoxy) is 1. The third-order valence-electron chi connectivity index (χ3n) is 9.57. The average molecular weight is 453 g/mol. The van der Waals surface area contributed by atoms with Gasteiger partial charge in [0.2, 0.25) is 0 Å². The number of hydrogen-bond acceptors (Lipinski definition) is 5. The first kappa shape index (κ1) is 23.8. The Morgan fingerprint density at radius 3 is 2.52 bits per heavy atom. The second-order valence-corrected chi connectivity index (χ2v) is 11.0. The van der Waals surface area contributed by atoms with Crippen molar-refractivity contribution in [2.75, 3.05) is 0 Å². The second-order valence-electron chi connectivity index (χ2n) is 11.0. The monoisotopic (exact) mass is 452 g/mol. The van der Waals surface area contributed by atoms with Gasteiger partial charge in [0.15, 0.2) is 17.3 Å². The summed E-state index contributed by atoms with van der Waals surface area (Å²) in [6.45, 7) is 5.93. The Hall–Kier alpha value is -2.30. The summed E-state index contributed by atoms with van der Waals surface area (Å²) in [5.41, 5.74) is 1.54. The first-order valence-electron chi connectivity index (χ1n) is 12.0. The molecular weight excluding hydrogens is 416 g/mol. The number of allylic oxidation sites excluding steroid dienone is 6. The van der Waals surface area contributed by atoms with E-state index in [9.17, 15) is 19.2 Å². The summed E-state index contributed by atoms with van der Waals surface area (Å²) >= 11 is 0. The van der Waals surface area contributed by atoms with Gasteiger partial charge in [0.25, 0.3) is 0 Å². The fourth-order valence-electron chi connectivity index (χ4n) is 7.75. The lowest BCUT2D eigenvalue weighted by atomic mass is 9.47. The summed E-state index contributed by atoms with van der Waals surface area (Å²) in [5.74, 6) is -0.153. The van der Waals surface area contributed by atoms with E-state index in [4.69, 9.17) is 4.74 Å². The molecule has 5 rings (SSSR count). The van der Waals surface area contributed by atoms with E-state index in [2.05, 4.69) is 19.9 Å². The average Bonchev–Trinajstić information content (AvgIpc) is 3.26. The Balaban J connectivity index is 0.00000259. The summed E-state index contributed by atoms with van der Waals surface area (Å²) < 4.78 is 6.01. The zero-order valence-corrected chi connectivity index (χ0v) is 19.2. The van der Waals surface area contributed by atoms with Crippen molar-refractivity contribution in [2.45, 2.75) is 85.2 Å². The van der Waals surface area contributed by atoms with Crippen LogP contribution in [-0.4, -0.2) is 28.9 Å². The lowest BCUT2D eigenvalue weighted by Gasteiger charge is -2.56. The molecule has 33 heavy (non-hydrogen) atoms. The van der Waals surface area contributed by atoms with Crippen molar-refractivity contribution in [3.63, 3.8) is 0 Å². The molecule has 0 unspecified atom stereocenters. The van der Waals surface area contributed by atoms with Crippen LogP contribution in [0.3, 0.4) is 0 Å². The highest BCUT2D eigenvalue weighted by molar-refractivity contribution is 6.00. The number of rotatable bonds is 3. The van der Waals surface area contributed by atoms with Gasteiger partial charge in [-0.15, -0.1) is 0 Å². The molecular formula is C28H36O5. The van der Waals surface area contributed by atoms with Gasteiger partial charge in [-0.1, -0.05) is 38.5 Å². The van der Waals surface area contributed by atoms with E-state index in [1.807, 2.05) is 0 Å². The fraction of sp³-hybridized carbons (Fsp3) is 0.643. The molecule has 5 aliphatic rings. The molecule has 1 spiro atoms. The van der Waals surface area contributed by atoms with Gasteiger partial charge in [-0.25, -0.2) is 0 Å². The van der Waals surface area contributed by atoms with Crippen LogP contribution in [0.4, 0.5) is 0 Å². The zero-order valence-electron chi connectivity index (χ0n) is 19.2. The molecule has 0 aromatic heterocycles. The summed E-state index contributed by atoms with van der Waals surface area (Å²) in [7, 11) is 0. The molecule has 1 heterocycles. The van der Waals surface area contributed by atoms with E-state index in [0.717, 1.165) is 37.7 Å². The van der Waals surface area contributed by atoms with Gasteiger partial charge in [0.1, 0.15) is 5.60 Å². The summed E-state index contributed by atoms with van der Waals surface area (Å²) in [6, 6.07) is 0. The molecule has 0 bridgehead atoms. The third-order valence-corrected chi connectivity index (χ3v) is 9.57. The number of carbonyl (C=O) groups is 4. The van der Waals surface area contributed by atoms with E-state index >= 15 is 0 Å². The van der Waals surface area contributed by atoms with Crippen LogP contribution in [0.15, 0.2) is 35.5 Å². The molecule has 0 radical (unpaired) electrons. The SMILES string of the molecule is C.CC(=O)/C=C\C(=O)[C@@H]1CC2=CC(=O)CC[C@]2(C)C2=CC[C@@]3(C)[C@@H](CC[C@@]34CCC(=O)O4)[C@@H]21. The highest BCUT2D eigenvalue weighted by Crippen LogP contribution is 2.69. The number of ketones is 3. The first-order valence-corrected chi connectivity index (χ1v) is 12.0. The van der Waals surface area contributed by atoms with E-state index < -0.39 is 5.60 Å². The van der Waals surface area contributed by atoms with Crippen molar-refractivity contribution in [2.24, 2.45) is 28.6 Å². The van der Waals surface area contributed by atoms with Crippen molar-refractivity contribution in [1.82, 2.24) is 0 Å². The number of hydrogen-bond donors (Lipinski definition) is 0. The van der Waals surface area contributed by atoms with Crippen LogP contribution in [0, 0.1) is 28.6 Å². The summed E-state index contributed by atoms with van der Waals surface area (Å²) in [4.78, 5) is 49.3. The predicted molar refractivity (Wildman–Crippen MR) is 125 cm³/mol. The Bertz CT molecular complexity index is 1020. The van der Waals surface area contributed by atoms with Crippen molar-refractivity contribution in [3.05, 3.63) is 35.5 Å². The largest absolute Gasteiger partial charge is 0.458 e. The topological polar surface area (TPSA) is 77.5 Å². The maximum atomic E-state index is 13.4. The van der Waals surface area contributed by atoms with E-state index in [-0.39, 0.29) is 59.3 Å². The van der Waals surface area contributed by atoms with E-state index in [0.29, 0.717) is 19.3 Å². The highest BCUT2D eigenvalue weighted by atomic mass is 16.6. The van der Waals surface area contributed by atoms with Gasteiger partial charge in [-0.05, 0) is 75.5 Å². The molecule has 5 heteroatoms. The predicted octanol–water partition coefficient (Wildman–Crippen LogP) is 5.09. The van der Waals surface area contributed by atoms with Gasteiger partial charge in [0, 0.05) is 29.6 Å². The van der Waals surface area contributed by atoms with Crippen LogP contribution in [0.2, 0.25) is 0 Å². The molecule has 1 aliphatic heterocycles. The fourth-order valence-corrected chi connectivity index (χ4v) is 7.75. The van der Waals surface area contributed by atoms with Crippen LogP contribution < -0.4 is 0 Å². The van der Waals surface area contributed by atoms with E-state index in [1.54, 1.807) is 6.08 Å². The highest BCUT2D eigenvalue weighted by Gasteiger charge is 2.67. The minimum atomic E-state index is -0.431. The summed E-state index contributed by atoms with van der Waals surface area (Å²) in [6.07, 6.45) is 12.6. The molecule has 6 atom stereocenters. The Morgan fingerprint density at radius 2 is 1.85 bits per heavy atom. The van der Waals surface area contributed by atoms with Gasteiger partial charge in [0.05, 0.1) is 0 Å². The minimum Gasteiger partial charge on any atom is -0.458 e. The van der Waals surface area contributed by atoms with Gasteiger partial charge >= 0.3 is 5.97 Å². The number of carbonyl (C=O) groups excluding carboxylic acids is 4. The lowest BCUT2D eigenvalue weighted by Crippen LogP contribution is -2.53. The van der Waals surface area contributed by atoms with Crippen molar-refractivity contribution < 1.29 is 23.9 Å². The Labute approximate surface area is 196 Å². The Kier molecular flexibility index (Phi) is 5.70. The van der Waals surface area contributed by atoms with Gasteiger partial charge in [-0.2, -0.15) is 0 Å². The molecule has 0 amide bonds. The molecule has 4 aliphatic carbocycles. The van der Waals surface area contributed by atoms with Crippen molar-refractivity contribution in [3.8, 4) is 0 Å². The maximum absolute atomic E-state index is 13.4. The summed E-state index contributed by atoms with van der Waals surface area (Å²) in [5, 5.41) is 0. The molecule has 1 saturated heterocycles. The zero-order chi connectivity index (χ0) is 22.9. The first-order chi connectivity index (χ1) is 15.1. The molecule has 0 aromatic rings.